The van der Waals surface area contributed by atoms with Crippen LogP contribution in [0.2, 0.25) is 13.6 Å². The molecule has 0 fully saturated rings. The van der Waals surface area contributed by atoms with Gasteiger partial charge >= 0.3 is 0 Å². The smallest absolute Gasteiger partial charge is 0.169 e. The van der Waals surface area contributed by atoms with Crippen molar-refractivity contribution in [2.75, 3.05) is 0 Å². The number of hydrogen-bond donors (Lipinski definition) is 0. The molecule has 0 saturated heterocycles. The molecule has 0 radical (unpaired) electrons. The molecule has 1 aliphatic carbocycles. The zero-order valence-corrected chi connectivity index (χ0v) is 7.58. The molecule has 0 aromatic rings. The lowest BCUT2D eigenvalue weighted by atomic mass is 9.48. The van der Waals surface area contributed by atoms with E-state index in [1.165, 1.54) is 5.47 Å². The van der Waals surface area contributed by atoms with Crippen molar-refractivity contribution in [1.29, 1.82) is 0 Å². The van der Waals surface area contributed by atoms with Crippen LogP contribution in [0.4, 0.5) is 0 Å². The van der Waals surface area contributed by atoms with E-state index in [4.69, 9.17) is 0 Å². The van der Waals surface area contributed by atoms with E-state index in [1.54, 1.807) is 0 Å². The van der Waals surface area contributed by atoms with Gasteiger partial charge in [0.05, 0.1) is 0 Å². The monoisotopic (exact) mass is 160 g/mol. The van der Waals surface area contributed by atoms with Crippen LogP contribution in [0.1, 0.15) is 6.42 Å². The number of allylic oxidation sites excluding steroid dienone is 6. The van der Waals surface area contributed by atoms with Crippen LogP contribution in [0.15, 0.2) is 35.3 Å². The summed E-state index contributed by atoms with van der Waals surface area (Å²) in [4.78, 5) is 10.5. The van der Waals surface area contributed by atoms with E-state index in [-0.39, 0.29) is 0 Å². The van der Waals surface area contributed by atoms with E-state index < -0.39 is 0 Å². The summed E-state index contributed by atoms with van der Waals surface area (Å²) in [5, 5.41) is 0. The van der Waals surface area contributed by atoms with Gasteiger partial charge in [-0.3, -0.25) is 4.79 Å². The SMILES string of the molecule is CB(C)C1=CC=C(C=O)CC=C1. The van der Waals surface area contributed by atoms with Crippen LogP contribution in [0, 0.1) is 0 Å². The minimum Gasteiger partial charge on any atom is -0.298 e. The minimum atomic E-state index is 0.531. The van der Waals surface area contributed by atoms with Crippen molar-refractivity contribution in [3.63, 3.8) is 0 Å². The third-order valence-corrected chi connectivity index (χ3v) is 1.97. The van der Waals surface area contributed by atoms with Crippen molar-refractivity contribution in [2.24, 2.45) is 0 Å². The Kier molecular flexibility index (Phi) is 3.09. The van der Waals surface area contributed by atoms with Crippen LogP contribution in [-0.4, -0.2) is 13.0 Å². The van der Waals surface area contributed by atoms with Gasteiger partial charge in [-0.05, 0) is 12.0 Å². The molecule has 0 atom stereocenters. The highest BCUT2D eigenvalue weighted by Gasteiger charge is 2.04. The highest BCUT2D eigenvalue weighted by molar-refractivity contribution is 6.64. The number of carbonyl (C=O) groups excluding carboxylic acids is 1. The molecule has 0 heterocycles. The second kappa shape index (κ2) is 4.10. The summed E-state index contributed by atoms with van der Waals surface area (Å²) in [5.74, 6) is 0. The van der Waals surface area contributed by atoms with E-state index in [9.17, 15) is 4.79 Å². The molecule has 0 N–H and O–H groups in total. The summed E-state index contributed by atoms with van der Waals surface area (Å²) in [7, 11) is 0. The van der Waals surface area contributed by atoms with Crippen molar-refractivity contribution in [3.05, 3.63) is 35.3 Å². The molecule has 0 spiro atoms. The molecule has 0 amide bonds. The van der Waals surface area contributed by atoms with Crippen molar-refractivity contribution >= 4 is 13.0 Å². The van der Waals surface area contributed by atoms with E-state index in [0.29, 0.717) is 6.71 Å². The standard InChI is InChI=1S/C10H13BO/c1-11(2)10-5-3-4-9(8-12)6-7-10/h3,5-8H,4H2,1-2H3. The van der Waals surface area contributed by atoms with E-state index >= 15 is 0 Å². The summed E-state index contributed by atoms with van der Waals surface area (Å²) in [6.45, 7) is 4.83. The van der Waals surface area contributed by atoms with Gasteiger partial charge in [-0.2, -0.15) is 0 Å². The highest BCUT2D eigenvalue weighted by Crippen LogP contribution is 2.11. The molecular weight excluding hydrogens is 147 g/mol. The highest BCUT2D eigenvalue weighted by atomic mass is 16.1. The topological polar surface area (TPSA) is 17.1 Å². The maximum atomic E-state index is 10.5. The molecule has 1 aliphatic rings. The summed E-state index contributed by atoms with van der Waals surface area (Å²) in [6.07, 6.45) is 9.75. The van der Waals surface area contributed by atoms with E-state index in [2.05, 4.69) is 19.7 Å². The van der Waals surface area contributed by atoms with E-state index in [1.807, 2.05) is 18.2 Å². The second-order valence-corrected chi connectivity index (χ2v) is 3.29. The van der Waals surface area contributed by atoms with Gasteiger partial charge in [-0.1, -0.05) is 43.4 Å². The van der Waals surface area contributed by atoms with Gasteiger partial charge < -0.3 is 0 Å². The predicted octanol–water partition coefficient (Wildman–Crippen LogP) is 2.29. The maximum Gasteiger partial charge on any atom is 0.169 e. The van der Waals surface area contributed by atoms with Gasteiger partial charge in [-0.15, -0.1) is 0 Å². The fraction of sp³-hybridized carbons (Fsp3) is 0.300. The first-order valence-corrected chi connectivity index (χ1v) is 4.26. The molecule has 0 aromatic heterocycles. The fourth-order valence-corrected chi connectivity index (χ4v) is 1.13. The normalized spacial score (nSPS) is 16.2. The Morgan fingerprint density at radius 1 is 1.42 bits per heavy atom. The molecule has 0 unspecified atom stereocenters. The van der Waals surface area contributed by atoms with Gasteiger partial charge in [0.15, 0.2) is 6.71 Å². The molecule has 0 saturated carbocycles. The van der Waals surface area contributed by atoms with Crippen molar-refractivity contribution in [3.8, 4) is 0 Å². The lowest BCUT2D eigenvalue weighted by Gasteiger charge is -1.99. The Balaban J connectivity index is 2.85. The first-order valence-electron chi connectivity index (χ1n) is 4.26. The molecule has 62 valence electrons. The van der Waals surface area contributed by atoms with Crippen molar-refractivity contribution in [2.45, 2.75) is 20.1 Å². The molecule has 0 aliphatic heterocycles. The first-order chi connectivity index (χ1) is 5.74. The van der Waals surface area contributed by atoms with Crippen LogP contribution in [0.5, 0.6) is 0 Å². The molecule has 1 rings (SSSR count). The first kappa shape index (κ1) is 9.05. The van der Waals surface area contributed by atoms with Gasteiger partial charge in [0.25, 0.3) is 0 Å². The van der Waals surface area contributed by atoms with Crippen LogP contribution >= 0.6 is 0 Å². The van der Waals surface area contributed by atoms with Crippen LogP contribution in [0.3, 0.4) is 0 Å². The molecule has 0 bridgehead atoms. The average molecular weight is 160 g/mol. The predicted molar refractivity (Wildman–Crippen MR) is 53.5 cm³/mol. The van der Waals surface area contributed by atoms with Crippen LogP contribution in [-0.2, 0) is 4.79 Å². The zero-order chi connectivity index (χ0) is 8.97. The zero-order valence-electron chi connectivity index (χ0n) is 7.58. The summed E-state index contributed by atoms with van der Waals surface area (Å²) >= 11 is 0. The Morgan fingerprint density at radius 3 is 2.75 bits per heavy atom. The fourth-order valence-electron chi connectivity index (χ4n) is 1.13. The number of aldehydes is 1. The Bertz CT molecular complexity index is 259. The van der Waals surface area contributed by atoms with Crippen molar-refractivity contribution in [1.82, 2.24) is 0 Å². The van der Waals surface area contributed by atoms with Gasteiger partial charge in [0.1, 0.15) is 6.29 Å². The molecule has 2 heteroatoms. The largest absolute Gasteiger partial charge is 0.298 e. The molecule has 0 aromatic carbocycles. The summed E-state index contributed by atoms with van der Waals surface area (Å²) in [5.41, 5.74) is 2.13. The summed E-state index contributed by atoms with van der Waals surface area (Å²) < 4.78 is 0. The second-order valence-electron chi connectivity index (χ2n) is 3.29. The van der Waals surface area contributed by atoms with Crippen molar-refractivity contribution < 1.29 is 4.79 Å². The number of hydrogen-bond acceptors (Lipinski definition) is 1. The van der Waals surface area contributed by atoms with Gasteiger partial charge in [0, 0.05) is 0 Å². The summed E-state index contributed by atoms with van der Waals surface area (Å²) in [6, 6.07) is 0. The number of carbonyl (C=O) groups is 1. The quantitative estimate of drug-likeness (QED) is 0.447. The lowest BCUT2D eigenvalue weighted by Crippen LogP contribution is -2.02. The third-order valence-electron chi connectivity index (χ3n) is 1.97. The van der Waals surface area contributed by atoms with Crippen LogP contribution < -0.4 is 0 Å². The Morgan fingerprint density at radius 2 is 2.17 bits per heavy atom. The molecular formula is C10H13BO. The van der Waals surface area contributed by atoms with Gasteiger partial charge in [-0.25, -0.2) is 0 Å². The molecule has 12 heavy (non-hydrogen) atoms. The number of rotatable bonds is 2. The Labute approximate surface area is 73.9 Å². The van der Waals surface area contributed by atoms with Crippen LogP contribution in [0.25, 0.3) is 0 Å². The third kappa shape index (κ3) is 2.23. The minimum absolute atomic E-state index is 0.531. The average Bonchev–Trinajstić information content (AvgIpc) is 2.28. The Hall–Kier alpha value is -1.05. The maximum absolute atomic E-state index is 10.5. The van der Waals surface area contributed by atoms with Gasteiger partial charge in [0.2, 0.25) is 0 Å². The lowest BCUT2D eigenvalue weighted by molar-refractivity contribution is -0.104. The van der Waals surface area contributed by atoms with E-state index in [0.717, 1.165) is 18.3 Å². The molecule has 1 nitrogen and oxygen atoms in total.